The van der Waals surface area contributed by atoms with Crippen LogP contribution >= 0.6 is 0 Å². The van der Waals surface area contributed by atoms with E-state index in [1.807, 2.05) is 5.32 Å². The number of amides is 4. The smallest absolute Gasteiger partial charge is 0.326 e. The lowest BCUT2D eigenvalue weighted by Crippen LogP contribution is -2.56. The lowest BCUT2D eigenvalue weighted by molar-refractivity contribution is -0.147. The molecule has 152 valence electrons. The van der Waals surface area contributed by atoms with E-state index in [4.69, 9.17) is 21.7 Å². The van der Waals surface area contributed by atoms with Gasteiger partial charge in [0.05, 0.1) is 18.9 Å². The molecule has 0 saturated carbocycles. The SMILES string of the molecule is CC(N)C(=O)NC(CC(N)=O)C(=O)NC(C)C(=O)NC(CC(=O)O)C(=O)O. The monoisotopic (exact) mass is 389 g/mol. The molecule has 0 saturated heterocycles. The minimum absolute atomic E-state index is 0.560. The van der Waals surface area contributed by atoms with Crippen molar-refractivity contribution < 1.29 is 39.0 Å². The van der Waals surface area contributed by atoms with E-state index in [1.54, 1.807) is 0 Å². The zero-order valence-corrected chi connectivity index (χ0v) is 14.7. The molecule has 0 aliphatic carbocycles. The fourth-order valence-electron chi connectivity index (χ4n) is 1.76. The van der Waals surface area contributed by atoms with Gasteiger partial charge in [0.15, 0.2) is 0 Å². The van der Waals surface area contributed by atoms with Crippen molar-refractivity contribution in [1.29, 1.82) is 0 Å². The number of aliphatic carboxylic acids is 2. The fraction of sp³-hybridized carbons (Fsp3) is 0.571. The summed E-state index contributed by atoms with van der Waals surface area (Å²) in [5.41, 5.74) is 10.4. The van der Waals surface area contributed by atoms with Gasteiger partial charge in [0.2, 0.25) is 23.6 Å². The Hall–Kier alpha value is -3.22. The molecule has 0 aliphatic rings. The van der Waals surface area contributed by atoms with E-state index in [1.165, 1.54) is 13.8 Å². The summed E-state index contributed by atoms with van der Waals surface area (Å²) in [4.78, 5) is 68.4. The van der Waals surface area contributed by atoms with E-state index >= 15 is 0 Å². The summed E-state index contributed by atoms with van der Waals surface area (Å²) in [7, 11) is 0. The molecular formula is C14H23N5O8. The van der Waals surface area contributed by atoms with E-state index in [0.29, 0.717) is 0 Å². The quantitative estimate of drug-likeness (QED) is 0.183. The van der Waals surface area contributed by atoms with E-state index < -0.39 is 72.6 Å². The van der Waals surface area contributed by atoms with Crippen LogP contribution in [0.2, 0.25) is 0 Å². The predicted octanol–water partition coefficient (Wildman–Crippen LogP) is -3.76. The van der Waals surface area contributed by atoms with Gasteiger partial charge in [-0.1, -0.05) is 0 Å². The molecule has 0 rings (SSSR count). The Labute approximate surface area is 153 Å². The van der Waals surface area contributed by atoms with Crippen LogP contribution in [0.25, 0.3) is 0 Å². The second kappa shape index (κ2) is 10.7. The van der Waals surface area contributed by atoms with E-state index in [2.05, 4.69) is 10.6 Å². The molecule has 0 radical (unpaired) electrons. The van der Waals surface area contributed by atoms with Crippen LogP contribution in [0.15, 0.2) is 0 Å². The first-order valence-corrected chi connectivity index (χ1v) is 7.74. The molecule has 0 bridgehead atoms. The number of primary amides is 1. The Morgan fingerprint density at radius 1 is 0.815 bits per heavy atom. The van der Waals surface area contributed by atoms with Gasteiger partial charge in [-0.25, -0.2) is 4.79 Å². The van der Waals surface area contributed by atoms with Gasteiger partial charge in [0.1, 0.15) is 18.1 Å². The Bertz CT molecular complexity index is 621. The Balaban J connectivity index is 5.00. The van der Waals surface area contributed by atoms with Crippen molar-refractivity contribution in [2.24, 2.45) is 11.5 Å². The minimum atomic E-state index is -1.70. The van der Waals surface area contributed by atoms with Crippen LogP contribution in [-0.2, 0) is 28.8 Å². The van der Waals surface area contributed by atoms with Crippen LogP contribution in [0.3, 0.4) is 0 Å². The molecule has 0 aliphatic heterocycles. The van der Waals surface area contributed by atoms with Crippen molar-refractivity contribution in [2.75, 3.05) is 0 Å². The van der Waals surface area contributed by atoms with Crippen molar-refractivity contribution in [2.45, 2.75) is 50.9 Å². The van der Waals surface area contributed by atoms with Crippen LogP contribution in [0.1, 0.15) is 26.7 Å². The number of carbonyl (C=O) groups excluding carboxylic acids is 4. The average Bonchev–Trinajstić information content (AvgIpc) is 2.51. The van der Waals surface area contributed by atoms with Gasteiger partial charge >= 0.3 is 11.9 Å². The molecule has 13 nitrogen and oxygen atoms in total. The predicted molar refractivity (Wildman–Crippen MR) is 88.8 cm³/mol. The number of hydrogen-bond acceptors (Lipinski definition) is 7. The molecule has 27 heavy (non-hydrogen) atoms. The van der Waals surface area contributed by atoms with Crippen LogP contribution in [0.5, 0.6) is 0 Å². The van der Waals surface area contributed by atoms with Gasteiger partial charge in [-0.05, 0) is 13.8 Å². The lowest BCUT2D eigenvalue weighted by atomic mass is 10.1. The molecule has 0 aromatic heterocycles. The van der Waals surface area contributed by atoms with Crippen LogP contribution in [0, 0.1) is 0 Å². The molecule has 0 spiro atoms. The van der Waals surface area contributed by atoms with E-state index in [9.17, 15) is 28.8 Å². The van der Waals surface area contributed by atoms with Crippen LogP contribution in [0.4, 0.5) is 0 Å². The number of nitrogens with two attached hydrogens (primary N) is 2. The van der Waals surface area contributed by atoms with Crippen LogP contribution in [-0.4, -0.2) is 69.9 Å². The van der Waals surface area contributed by atoms with E-state index in [0.717, 1.165) is 0 Å². The molecule has 0 fully saturated rings. The van der Waals surface area contributed by atoms with Gasteiger partial charge in [0.25, 0.3) is 0 Å². The Kier molecular flexibility index (Phi) is 9.42. The van der Waals surface area contributed by atoms with Crippen molar-refractivity contribution in [3.05, 3.63) is 0 Å². The molecule has 0 aromatic rings. The Morgan fingerprint density at radius 3 is 1.74 bits per heavy atom. The molecule has 13 heteroatoms. The normalized spacial score (nSPS) is 14.8. The first-order chi connectivity index (χ1) is 12.3. The summed E-state index contributed by atoms with van der Waals surface area (Å²) < 4.78 is 0. The molecule has 4 atom stereocenters. The van der Waals surface area contributed by atoms with Crippen molar-refractivity contribution in [3.63, 3.8) is 0 Å². The maximum atomic E-state index is 12.2. The zero-order chi connectivity index (χ0) is 21.3. The summed E-state index contributed by atoms with van der Waals surface area (Å²) in [5.74, 6) is -6.56. The van der Waals surface area contributed by atoms with Gasteiger partial charge in [-0.2, -0.15) is 0 Å². The third-order valence-corrected chi connectivity index (χ3v) is 3.20. The summed E-state index contributed by atoms with van der Waals surface area (Å²) in [6.45, 7) is 2.54. The molecular weight excluding hydrogens is 366 g/mol. The van der Waals surface area contributed by atoms with Gasteiger partial charge in [-0.3, -0.25) is 24.0 Å². The standard InChI is InChI=1S/C14H23N5O8/c1-5(15)11(23)18-7(3-9(16)20)13(25)17-6(2)12(24)19-8(14(26)27)4-10(21)22/h5-8H,3-4,15H2,1-2H3,(H2,16,20)(H,17,25)(H,18,23)(H,19,24)(H,21,22)(H,26,27). The molecule has 0 aromatic carbocycles. The Morgan fingerprint density at radius 2 is 1.33 bits per heavy atom. The first-order valence-electron chi connectivity index (χ1n) is 7.74. The third kappa shape index (κ3) is 9.15. The molecule has 0 heterocycles. The van der Waals surface area contributed by atoms with Crippen molar-refractivity contribution in [1.82, 2.24) is 16.0 Å². The highest BCUT2D eigenvalue weighted by molar-refractivity contribution is 5.96. The van der Waals surface area contributed by atoms with Gasteiger partial charge in [-0.15, -0.1) is 0 Å². The number of nitrogens with one attached hydrogen (secondary N) is 3. The minimum Gasteiger partial charge on any atom is -0.481 e. The second-order valence-corrected chi connectivity index (χ2v) is 5.75. The largest absolute Gasteiger partial charge is 0.481 e. The highest BCUT2D eigenvalue weighted by Gasteiger charge is 2.29. The van der Waals surface area contributed by atoms with E-state index in [-0.39, 0.29) is 0 Å². The molecule has 9 N–H and O–H groups in total. The maximum absolute atomic E-state index is 12.2. The third-order valence-electron chi connectivity index (χ3n) is 3.20. The number of carboxylic acid groups (broad SMARTS) is 2. The summed E-state index contributed by atoms with van der Waals surface area (Å²) >= 11 is 0. The highest BCUT2D eigenvalue weighted by atomic mass is 16.4. The first kappa shape index (κ1) is 23.8. The number of carbonyl (C=O) groups is 6. The summed E-state index contributed by atoms with van der Waals surface area (Å²) in [6.07, 6.45) is -1.42. The molecule has 4 amide bonds. The second-order valence-electron chi connectivity index (χ2n) is 5.75. The maximum Gasteiger partial charge on any atom is 0.326 e. The van der Waals surface area contributed by atoms with Gasteiger partial charge in [0, 0.05) is 0 Å². The van der Waals surface area contributed by atoms with Crippen LogP contribution < -0.4 is 27.4 Å². The summed E-state index contributed by atoms with van der Waals surface area (Å²) in [5, 5.41) is 23.9. The highest BCUT2D eigenvalue weighted by Crippen LogP contribution is 1.98. The number of hydrogen-bond donors (Lipinski definition) is 7. The van der Waals surface area contributed by atoms with Crippen molar-refractivity contribution in [3.8, 4) is 0 Å². The van der Waals surface area contributed by atoms with Crippen molar-refractivity contribution >= 4 is 35.6 Å². The number of rotatable bonds is 11. The summed E-state index contributed by atoms with van der Waals surface area (Å²) in [6, 6.07) is -5.36. The number of carboxylic acids is 2. The zero-order valence-electron chi connectivity index (χ0n) is 14.7. The topological polar surface area (TPSA) is 231 Å². The van der Waals surface area contributed by atoms with Gasteiger partial charge < -0.3 is 37.6 Å². The molecule has 4 unspecified atom stereocenters. The fourth-order valence-corrected chi connectivity index (χ4v) is 1.76. The lowest BCUT2D eigenvalue weighted by Gasteiger charge is -2.22. The average molecular weight is 389 g/mol.